The number of nitrogens with two attached hydrogens (primary N) is 1. The Morgan fingerprint density at radius 1 is 1.32 bits per heavy atom. The van der Waals surface area contributed by atoms with Crippen LogP contribution in [-0.2, 0) is 9.53 Å². The van der Waals surface area contributed by atoms with Crippen molar-refractivity contribution in [3.8, 4) is 0 Å². The maximum Gasteiger partial charge on any atom is 0.255 e. The minimum atomic E-state index is -0.499. The number of halogens is 1. The molecular formula is C15H22ClN3O3. The molecule has 2 atom stereocenters. The van der Waals surface area contributed by atoms with E-state index in [9.17, 15) is 9.59 Å². The summed E-state index contributed by atoms with van der Waals surface area (Å²) in [6, 6.07) is 6.95. The van der Waals surface area contributed by atoms with Crippen LogP contribution in [0.4, 0.5) is 5.69 Å². The van der Waals surface area contributed by atoms with Crippen LogP contribution in [-0.4, -0.2) is 49.6 Å². The van der Waals surface area contributed by atoms with Crippen LogP contribution in [0.2, 0.25) is 0 Å². The van der Waals surface area contributed by atoms with Crippen molar-refractivity contribution < 1.29 is 14.3 Å². The van der Waals surface area contributed by atoms with E-state index in [-0.39, 0.29) is 30.3 Å². The van der Waals surface area contributed by atoms with Crippen molar-refractivity contribution in [2.75, 3.05) is 26.0 Å². The molecule has 0 unspecified atom stereocenters. The number of carbonyl (C=O) groups is 2. The molecular weight excluding hydrogens is 306 g/mol. The lowest BCUT2D eigenvalue weighted by atomic mass is 10.1. The van der Waals surface area contributed by atoms with Crippen LogP contribution in [0.15, 0.2) is 24.3 Å². The second kappa shape index (κ2) is 8.12. The molecule has 1 aromatic carbocycles. The van der Waals surface area contributed by atoms with Gasteiger partial charge in [0, 0.05) is 20.6 Å². The molecule has 22 heavy (non-hydrogen) atoms. The lowest BCUT2D eigenvalue weighted by Crippen LogP contribution is -2.31. The van der Waals surface area contributed by atoms with Gasteiger partial charge in [-0.15, -0.1) is 12.4 Å². The van der Waals surface area contributed by atoms with Crippen LogP contribution in [0.25, 0.3) is 0 Å². The highest BCUT2D eigenvalue weighted by Crippen LogP contribution is 2.22. The maximum atomic E-state index is 12.2. The average molecular weight is 328 g/mol. The van der Waals surface area contributed by atoms with Gasteiger partial charge in [0.25, 0.3) is 11.8 Å². The Morgan fingerprint density at radius 3 is 2.59 bits per heavy atom. The van der Waals surface area contributed by atoms with E-state index in [4.69, 9.17) is 10.5 Å². The molecule has 1 heterocycles. The van der Waals surface area contributed by atoms with Crippen molar-refractivity contribution in [2.24, 2.45) is 5.73 Å². The van der Waals surface area contributed by atoms with Gasteiger partial charge in [0.2, 0.25) is 0 Å². The summed E-state index contributed by atoms with van der Waals surface area (Å²) in [5.74, 6) is -0.386. The maximum absolute atomic E-state index is 12.2. The molecule has 6 nitrogen and oxygen atoms in total. The van der Waals surface area contributed by atoms with E-state index >= 15 is 0 Å². The van der Waals surface area contributed by atoms with Crippen LogP contribution in [0, 0.1) is 0 Å². The number of benzene rings is 1. The minimum Gasteiger partial charge on any atom is -0.364 e. The highest BCUT2D eigenvalue weighted by molar-refractivity contribution is 6.04. The van der Waals surface area contributed by atoms with Gasteiger partial charge >= 0.3 is 0 Å². The summed E-state index contributed by atoms with van der Waals surface area (Å²) >= 11 is 0. The van der Waals surface area contributed by atoms with Gasteiger partial charge in [0.15, 0.2) is 0 Å². The fourth-order valence-corrected chi connectivity index (χ4v) is 2.30. The number of ether oxygens (including phenoxy) is 1. The van der Waals surface area contributed by atoms with Gasteiger partial charge in [-0.1, -0.05) is 12.1 Å². The second-order valence-corrected chi connectivity index (χ2v) is 5.29. The predicted octanol–water partition coefficient (Wildman–Crippen LogP) is 1.25. The van der Waals surface area contributed by atoms with Crippen molar-refractivity contribution in [2.45, 2.75) is 25.0 Å². The van der Waals surface area contributed by atoms with Crippen molar-refractivity contribution in [1.29, 1.82) is 0 Å². The molecule has 0 spiro atoms. The molecule has 0 bridgehead atoms. The third-order valence-electron chi connectivity index (χ3n) is 3.48. The van der Waals surface area contributed by atoms with Gasteiger partial charge in [0.05, 0.1) is 17.4 Å². The van der Waals surface area contributed by atoms with Gasteiger partial charge in [-0.25, -0.2) is 0 Å². The zero-order valence-electron chi connectivity index (χ0n) is 12.7. The first kappa shape index (κ1) is 18.4. The summed E-state index contributed by atoms with van der Waals surface area (Å²) in [6.07, 6.45) is 0.880. The summed E-state index contributed by atoms with van der Waals surface area (Å²) in [4.78, 5) is 25.8. The molecule has 1 saturated heterocycles. The smallest absolute Gasteiger partial charge is 0.255 e. The number of rotatable bonds is 4. The lowest BCUT2D eigenvalue weighted by molar-refractivity contribution is -0.126. The first-order valence-electron chi connectivity index (χ1n) is 7.00. The van der Waals surface area contributed by atoms with Crippen LogP contribution in [0.1, 0.15) is 23.2 Å². The van der Waals surface area contributed by atoms with Crippen molar-refractivity contribution >= 4 is 29.9 Å². The Hall–Kier alpha value is -1.63. The molecule has 1 fully saturated rings. The quantitative estimate of drug-likeness (QED) is 0.871. The van der Waals surface area contributed by atoms with Crippen LogP contribution in [0.5, 0.6) is 0 Å². The Morgan fingerprint density at radius 2 is 2.00 bits per heavy atom. The number of para-hydroxylation sites is 1. The summed E-state index contributed by atoms with van der Waals surface area (Å²) in [6.45, 7) is 0.416. The topological polar surface area (TPSA) is 84.7 Å². The normalized spacial score (nSPS) is 20.1. The van der Waals surface area contributed by atoms with E-state index in [0.29, 0.717) is 24.2 Å². The van der Waals surface area contributed by atoms with Gasteiger partial charge in [-0.05, 0) is 25.0 Å². The van der Waals surface area contributed by atoms with Crippen molar-refractivity contribution in [3.63, 3.8) is 0 Å². The molecule has 2 rings (SSSR count). The monoisotopic (exact) mass is 327 g/mol. The van der Waals surface area contributed by atoms with Crippen molar-refractivity contribution in [1.82, 2.24) is 4.90 Å². The summed E-state index contributed by atoms with van der Waals surface area (Å²) in [5, 5.41) is 2.78. The highest BCUT2D eigenvalue weighted by atomic mass is 35.5. The van der Waals surface area contributed by atoms with Gasteiger partial charge in [-0.2, -0.15) is 0 Å². The lowest BCUT2D eigenvalue weighted by Gasteiger charge is -2.16. The summed E-state index contributed by atoms with van der Waals surface area (Å²) < 4.78 is 5.56. The summed E-state index contributed by atoms with van der Waals surface area (Å²) in [7, 11) is 3.35. The fraction of sp³-hybridized carbons (Fsp3) is 0.467. The van der Waals surface area contributed by atoms with Gasteiger partial charge in [-0.3, -0.25) is 9.59 Å². The van der Waals surface area contributed by atoms with E-state index in [0.717, 1.165) is 6.42 Å². The predicted molar refractivity (Wildman–Crippen MR) is 87.3 cm³/mol. The van der Waals surface area contributed by atoms with E-state index < -0.39 is 6.10 Å². The number of hydrogen-bond donors (Lipinski definition) is 2. The molecule has 0 radical (unpaired) electrons. The molecule has 1 aromatic rings. The number of carbonyl (C=O) groups excluding carboxylic acids is 2. The molecule has 1 aliphatic heterocycles. The third kappa shape index (κ3) is 4.19. The first-order valence-corrected chi connectivity index (χ1v) is 7.00. The number of nitrogens with one attached hydrogen (secondary N) is 1. The number of anilines is 1. The van der Waals surface area contributed by atoms with Crippen molar-refractivity contribution in [3.05, 3.63) is 29.8 Å². The minimum absolute atomic E-state index is 0. The van der Waals surface area contributed by atoms with Gasteiger partial charge in [0.1, 0.15) is 6.10 Å². The zero-order valence-corrected chi connectivity index (χ0v) is 13.6. The SMILES string of the molecule is CN(C)C(=O)c1ccccc1NC(=O)[C@@H]1CC[C@H](CN)O1.Cl. The Bertz CT molecular complexity index is 537. The zero-order chi connectivity index (χ0) is 15.4. The molecule has 122 valence electrons. The molecule has 0 aromatic heterocycles. The number of nitrogens with zero attached hydrogens (tertiary/aromatic N) is 1. The van der Waals surface area contributed by atoms with E-state index in [1.54, 1.807) is 38.4 Å². The molecule has 0 aliphatic carbocycles. The number of hydrogen-bond acceptors (Lipinski definition) is 4. The second-order valence-electron chi connectivity index (χ2n) is 5.29. The van der Waals surface area contributed by atoms with E-state index in [1.807, 2.05) is 0 Å². The summed E-state index contributed by atoms with van der Waals surface area (Å²) in [5.41, 5.74) is 6.50. The van der Waals surface area contributed by atoms with E-state index in [2.05, 4.69) is 5.32 Å². The molecule has 7 heteroatoms. The highest BCUT2D eigenvalue weighted by Gasteiger charge is 2.30. The standard InChI is InChI=1S/C15H21N3O3.ClH/c1-18(2)15(20)11-5-3-4-6-12(11)17-14(19)13-8-7-10(9-16)21-13;/h3-6,10,13H,7-9,16H2,1-2H3,(H,17,19);1H/t10-,13+;/m1./s1. The van der Waals surface area contributed by atoms with Crippen LogP contribution < -0.4 is 11.1 Å². The third-order valence-corrected chi connectivity index (χ3v) is 3.48. The molecule has 0 saturated carbocycles. The molecule has 2 amide bonds. The average Bonchev–Trinajstić information content (AvgIpc) is 2.96. The van der Waals surface area contributed by atoms with E-state index in [1.165, 1.54) is 4.90 Å². The molecule has 3 N–H and O–H groups in total. The van der Waals surface area contributed by atoms with Crippen LogP contribution >= 0.6 is 12.4 Å². The van der Waals surface area contributed by atoms with Gasteiger partial charge < -0.3 is 20.7 Å². The molecule has 1 aliphatic rings. The Balaban J connectivity index is 0.00000242. The Labute approximate surface area is 136 Å². The fourth-order valence-electron chi connectivity index (χ4n) is 2.30. The first-order chi connectivity index (χ1) is 10.0. The largest absolute Gasteiger partial charge is 0.364 e. The van der Waals surface area contributed by atoms with Crippen LogP contribution in [0.3, 0.4) is 0 Å². The Kier molecular flexibility index (Phi) is 6.80. The number of amides is 2.